The minimum atomic E-state index is 0. The average Bonchev–Trinajstić information content (AvgIpc) is 2.59. The molecule has 2 aromatic rings. The van der Waals surface area contributed by atoms with Gasteiger partial charge < -0.3 is 27.5 Å². The van der Waals surface area contributed by atoms with E-state index in [0.717, 1.165) is 12.7 Å². The maximum Gasteiger partial charge on any atom is 0.137 e. The Morgan fingerprint density at radius 1 is 1.09 bits per heavy atom. The number of nitrogens with zero attached hydrogens (tertiary/aromatic N) is 1. The lowest BCUT2D eigenvalue weighted by Crippen LogP contribution is -2.00. The van der Waals surface area contributed by atoms with E-state index in [1.807, 2.05) is 0 Å². The highest BCUT2D eigenvalue weighted by atomic mass is 16.5. The van der Waals surface area contributed by atoms with Gasteiger partial charge in [-0.1, -0.05) is 35.4 Å². The van der Waals surface area contributed by atoms with E-state index < -0.39 is 0 Å². The van der Waals surface area contributed by atoms with E-state index in [1.165, 1.54) is 17.3 Å². The Morgan fingerprint density at radius 3 is 1.96 bits per heavy atom. The van der Waals surface area contributed by atoms with Gasteiger partial charge in [-0.05, 0) is 19.9 Å². The summed E-state index contributed by atoms with van der Waals surface area (Å²) in [6.45, 7) is 4.19. The minimum Gasteiger partial charge on any atom is -0.495 e. The molecule has 128 valence electrons. The van der Waals surface area contributed by atoms with Crippen molar-refractivity contribution in [3.63, 3.8) is 0 Å². The molecule has 1 aromatic heterocycles. The number of benzene rings is 1. The first kappa shape index (κ1) is 22.7. The van der Waals surface area contributed by atoms with Crippen molar-refractivity contribution >= 4 is 5.70 Å². The first-order chi connectivity index (χ1) is 10.6. The van der Waals surface area contributed by atoms with Crippen molar-refractivity contribution in [1.82, 2.24) is 11.1 Å². The number of aryl methyl sites for hydroxylation is 2. The first-order valence-electron chi connectivity index (χ1n) is 6.71. The lowest BCUT2D eigenvalue weighted by molar-refractivity contribution is 0.399. The van der Waals surface area contributed by atoms with Gasteiger partial charge >= 0.3 is 0 Å². The third kappa shape index (κ3) is 9.13. The second-order valence-corrected chi connectivity index (χ2v) is 4.39. The van der Waals surface area contributed by atoms with Gasteiger partial charge in [-0.25, -0.2) is 0 Å². The molecular weight excluding hydrogens is 292 g/mol. The normalized spacial score (nSPS) is 9.35. The van der Waals surface area contributed by atoms with E-state index in [4.69, 9.17) is 21.3 Å². The zero-order valence-electron chi connectivity index (χ0n) is 14.3. The van der Waals surface area contributed by atoms with Gasteiger partial charge in [-0.3, -0.25) is 4.98 Å². The number of aliphatic hydroxyl groups excluding tert-OH is 1. The van der Waals surface area contributed by atoms with Crippen molar-refractivity contribution in [2.45, 2.75) is 13.8 Å². The number of methoxy groups -OCH3 is 1. The summed E-state index contributed by atoms with van der Waals surface area (Å²) in [5.41, 5.74) is 14.7. The number of aliphatic hydroxyl groups is 1. The number of nitrogens with two attached hydrogens (primary N) is 2. The molecule has 0 atom stereocenters. The van der Waals surface area contributed by atoms with Crippen LogP contribution in [0, 0.1) is 13.8 Å². The highest BCUT2D eigenvalue weighted by Crippen LogP contribution is 2.13. The Kier molecular flexibility index (Phi) is 13.0. The highest BCUT2D eigenvalue weighted by Gasteiger charge is 1.97. The summed E-state index contributed by atoms with van der Waals surface area (Å²) in [5.74, 6) is 0.664. The second kappa shape index (κ2) is 13.1. The van der Waals surface area contributed by atoms with Crippen molar-refractivity contribution < 1.29 is 9.84 Å². The number of ether oxygens (including phenoxy) is 1. The molecule has 6 heteroatoms. The molecular formula is C17H28N4O2. The Bertz CT molecular complexity index is 548. The van der Waals surface area contributed by atoms with Crippen molar-refractivity contribution in [2.24, 2.45) is 11.5 Å². The summed E-state index contributed by atoms with van der Waals surface area (Å²) in [5, 5.41) is 7.00. The van der Waals surface area contributed by atoms with E-state index in [-0.39, 0.29) is 6.15 Å². The largest absolute Gasteiger partial charge is 0.495 e. The summed E-state index contributed by atoms with van der Waals surface area (Å²) < 4.78 is 4.96. The maximum absolute atomic E-state index is 7.00. The Balaban J connectivity index is 0. The van der Waals surface area contributed by atoms with Crippen LogP contribution in [0.5, 0.6) is 5.75 Å². The van der Waals surface area contributed by atoms with Gasteiger partial charge in [0.1, 0.15) is 5.75 Å². The lowest BCUT2D eigenvalue weighted by atomic mass is 10.2. The third-order valence-corrected chi connectivity index (χ3v) is 2.68. The van der Waals surface area contributed by atoms with Crippen LogP contribution in [0.4, 0.5) is 0 Å². The van der Waals surface area contributed by atoms with Crippen LogP contribution in [0.15, 0.2) is 48.9 Å². The number of hydrogen-bond acceptors (Lipinski definition) is 6. The molecule has 8 N–H and O–H groups in total. The van der Waals surface area contributed by atoms with Crippen molar-refractivity contribution in [3.05, 3.63) is 65.6 Å². The molecule has 1 heterocycles. The van der Waals surface area contributed by atoms with Gasteiger partial charge in [0.2, 0.25) is 0 Å². The van der Waals surface area contributed by atoms with Gasteiger partial charge in [0.05, 0.1) is 19.0 Å². The summed E-state index contributed by atoms with van der Waals surface area (Å²) >= 11 is 0. The molecule has 0 aliphatic rings. The fourth-order valence-electron chi connectivity index (χ4n) is 1.42. The number of rotatable bonds is 2. The van der Waals surface area contributed by atoms with Gasteiger partial charge in [-0.2, -0.15) is 0 Å². The topological polar surface area (TPSA) is 129 Å². The molecule has 0 saturated heterocycles. The fraction of sp³-hybridized carbons (Fsp3) is 0.235. The van der Waals surface area contributed by atoms with E-state index in [0.29, 0.717) is 11.4 Å². The minimum absolute atomic E-state index is 0. The first-order valence-corrected chi connectivity index (χ1v) is 6.71. The monoisotopic (exact) mass is 320 g/mol. The Hall–Kier alpha value is -2.57. The molecule has 0 aliphatic carbocycles. The second-order valence-electron chi connectivity index (χ2n) is 4.39. The summed E-state index contributed by atoms with van der Waals surface area (Å²) in [7, 11) is 2.57. The molecule has 0 radical (unpaired) electrons. The summed E-state index contributed by atoms with van der Waals surface area (Å²) in [4.78, 5) is 3.92. The summed E-state index contributed by atoms with van der Waals surface area (Å²) in [6.07, 6.45) is 4.56. The fourth-order valence-corrected chi connectivity index (χ4v) is 1.42. The molecule has 0 amide bonds. The molecule has 23 heavy (non-hydrogen) atoms. The van der Waals surface area contributed by atoms with Crippen molar-refractivity contribution in [3.8, 4) is 5.75 Å². The molecule has 0 bridgehead atoms. The van der Waals surface area contributed by atoms with E-state index in [9.17, 15) is 0 Å². The van der Waals surface area contributed by atoms with Crippen molar-refractivity contribution in [2.75, 3.05) is 14.2 Å². The molecule has 0 aliphatic heterocycles. The molecule has 2 rings (SSSR count). The molecule has 0 fully saturated rings. The SMILES string of the molecule is CO.COc1cncc(/C(N)=C/N)c1.Cc1ccc(C)cc1.N. The molecule has 1 aromatic carbocycles. The number of pyridine rings is 1. The van der Waals surface area contributed by atoms with Crippen LogP contribution in [0.25, 0.3) is 5.70 Å². The molecule has 6 nitrogen and oxygen atoms in total. The number of aromatic nitrogens is 1. The van der Waals surface area contributed by atoms with Crippen LogP contribution in [0.2, 0.25) is 0 Å². The lowest BCUT2D eigenvalue weighted by Gasteiger charge is -2.02. The predicted molar refractivity (Wildman–Crippen MR) is 96.2 cm³/mol. The van der Waals surface area contributed by atoms with Gasteiger partial charge in [-0.15, -0.1) is 0 Å². The zero-order valence-corrected chi connectivity index (χ0v) is 14.3. The van der Waals surface area contributed by atoms with Gasteiger partial charge in [0.15, 0.2) is 0 Å². The third-order valence-electron chi connectivity index (χ3n) is 2.68. The molecule has 0 spiro atoms. The van der Waals surface area contributed by atoms with E-state index in [2.05, 4.69) is 43.1 Å². The van der Waals surface area contributed by atoms with Gasteiger partial charge in [0.25, 0.3) is 0 Å². The smallest absolute Gasteiger partial charge is 0.137 e. The summed E-state index contributed by atoms with van der Waals surface area (Å²) in [6, 6.07) is 10.3. The predicted octanol–water partition coefficient (Wildman–Crippen LogP) is 2.38. The van der Waals surface area contributed by atoms with Crippen LogP contribution < -0.4 is 22.4 Å². The van der Waals surface area contributed by atoms with Gasteiger partial charge in [0, 0.05) is 25.1 Å². The van der Waals surface area contributed by atoms with Crippen LogP contribution in [-0.4, -0.2) is 24.3 Å². The standard InChI is InChI=1S/C8H11N3O.C8H10.CH4O.H3N/c1-12-7-2-6(4-11-5-7)8(10)3-9;1-7-3-5-8(2)6-4-7;1-2;/h2-5H,9-10H2,1H3;3-6H,1-2H3;2H,1H3;1H3/b8-3-;;;. The van der Waals surface area contributed by atoms with Crippen molar-refractivity contribution in [1.29, 1.82) is 0 Å². The van der Waals surface area contributed by atoms with Crippen LogP contribution in [0.3, 0.4) is 0 Å². The average molecular weight is 320 g/mol. The Labute approximate surface area is 138 Å². The van der Waals surface area contributed by atoms with E-state index >= 15 is 0 Å². The van der Waals surface area contributed by atoms with Crippen LogP contribution >= 0.6 is 0 Å². The molecule has 0 saturated carbocycles. The zero-order chi connectivity index (χ0) is 17.0. The van der Waals surface area contributed by atoms with E-state index in [1.54, 1.807) is 25.6 Å². The number of hydrogen-bond donors (Lipinski definition) is 4. The highest BCUT2D eigenvalue weighted by molar-refractivity contribution is 5.62. The van der Waals surface area contributed by atoms with Crippen LogP contribution in [-0.2, 0) is 0 Å². The maximum atomic E-state index is 7.00. The quantitative estimate of drug-likeness (QED) is 0.672. The molecule has 0 unspecified atom stereocenters. The Morgan fingerprint density at radius 2 is 1.57 bits per heavy atom. The van der Waals surface area contributed by atoms with Crippen LogP contribution in [0.1, 0.15) is 16.7 Å².